The zero-order valence-corrected chi connectivity index (χ0v) is 10.3. The van der Waals surface area contributed by atoms with Crippen LogP contribution in [0.15, 0.2) is 0 Å². The van der Waals surface area contributed by atoms with Crippen LogP contribution >= 0.6 is 0 Å². The first-order valence-electron chi connectivity index (χ1n) is 5.26. The SMILES string of the molecule is COC(=O)C(CCOCC(C)C)C(=O)OC. The highest BCUT2D eigenvalue weighted by Crippen LogP contribution is 2.08. The van der Waals surface area contributed by atoms with Gasteiger partial charge in [-0.3, -0.25) is 9.59 Å². The quantitative estimate of drug-likeness (QED) is 0.372. The molecule has 5 nitrogen and oxygen atoms in total. The minimum absolute atomic E-state index is 0.284. The van der Waals surface area contributed by atoms with Crippen LogP contribution in [0, 0.1) is 11.8 Å². The lowest BCUT2D eigenvalue weighted by Crippen LogP contribution is -2.28. The predicted octanol–water partition coefficient (Wildman–Crippen LogP) is 1.01. The molecule has 0 aliphatic rings. The summed E-state index contributed by atoms with van der Waals surface area (Å²) < 4.78 is 14.3. The molecule has 0 aromatic rings. The summed E-state index contributed by atoms with van der Waals surface area (Å²) in [6.45, 7) is 5.00. The maximum absolute atomic E-state index is 11.3. The van der Waals surface area contributed by atoms with Gasteiger partial charge < -0.3 is 14.2 Å². The van der Waals surface area contributed by atoms with E-state index in [0.29, 0.717) is 19.1 Å². The van der Waals surface area contributed by atoms with Crippen LogP contribution in [-0.2, 0) is 23.8 Å². The number of rotatable bonds is 7. The van der Waals surface area contributed by atoms with Crippen molar-refractivity contribution in [1.82, 2.24) is 0 Å². The van der Waals surface area contributed by atoms with Crippen molar-refractivity contribution in [2.75, 3.05) is 27.4 Å². The molecule has 0 radical (unpaired) electrons. The standard InChI is InChI=1S/C11H20O5/c1-8(2)7-16-6-5-9(10(12)14-3)11(13)15-4/h8-9H,5-7H2,1-4H3. The largest absolute Gasteiger partial charge is 0.468 e. The van der Waals surface area contributed by atoms with E-state index in [1.54, 1.807) is 0 Å². The van der Waals surface area contributed by atoms with Crippen LogP contribution in [0.1, 0.15) is 20.3 Å². The number of hydrogen-bond acceptors (Lipinski definition) is 5. The molecule has 0 aromatic heterocycles. The van der Waals surface area contributed by atoms with Crippen molar-refractivity contribution in [2.24, 2.45) is 11.8 Å². The van der Waals surface area contributed by atoms with Gasteiger partial charge in [0.2, 0.25) is 0 Å². The highest BCUT2D eigenvalue weighted by Gasteiger charge is 2.28. The Labute approximate surface area is 96.1 Å². The molecule has 0 N–H and O–H groups in total. The van der Waals surface area contributed by atoms with E-state index in [2.05, 4.69) is 9.47 Å². The summed E-state index contributed by atoms with van der Waals surface area (Å²) in [7, 11) is 2.49. The summed E-state index contributed by atoms with van der Waals surface area (Å²) in [6, 6.07) is 0. The van der Waals surface area contributed by atoms with Crippen molar-refractivity contribution in [3.05, 3.63) is 0 Å². The van der Waals surface area contributed by atoms with Crippen LogP contribution < -0.4 is 0 Å². The summed E-state index contributed by atoms with van der Waals surface area (Å²) in [5, 5.41) is 0. The Morgan fingerprint density at radius 1 is 1.06 bits per heavy atom. The molecule has 0 amide bonds. The van der Waals surface area contributed by atoms with E-state index in [-0.39, 0.29) is 6.42 Å². The Morgan fingerprint density at radius 3 is 1.94 bits per heavy atom. The van der Waals surface area contributed by atoms with Crippen LogP contribution in [-0.4, -0.2) is 39.4 Å². The molecular weight excluding hydrogens is 212 g/mol. The fourth-order valence-electron chi connectivity index (χ4n) is 1.14. The third kappa shape index (κ3) is 5.70. The van der Waals surface area contributed by atoms with Gasteiger partial charge in [-0.1, -0.05) is 13.8 Å². The number of carbonyl (C=O) groups is 2. The van der Waals surface area contributed by atoms with Crippen LogP contribution in [0.25, 0.3) is 0 Å². The summed E-state index contributed by atoms with van der Waals surface area (Å²) >= 11 is 0. The van der Waals surface area contributed by atoms with Gasteiger partial charge in [0.25, 0.3) is 0 Å². The minimum Gasteiger partial charge on any atom is -0.468 e. The number of carbonyl (C=O) groups excluding carboxylic acids is 2. The average molecular weight is 232 g/mol. The number of methoxy groups -OCH3 is 2. The Hall–Kier alpha value is -1.10. The van der Waals surface area contributed by atoms with Gasteiger partial charge in [0, 0.05) is 13.2 Å². The number of esters is 2. The topological polar surface area (TPSA) is 61.8 Å². The Bertz CT molecular complexity index is 208. The van der Waals surface area contributed by atoms with E-state index in [4.69, 9.17) is 4.74 Å². The highest BCUT2D eigenvalue weighted by molar-refractivity contribution is 5.94. The molecule has 0 aromatic carbocycles. The summed E-state index contributed by atoms with van der Waals surface area (Å²) in [5.41, 5.74) is 0. The normalized spacial score (nSPS) is 10.6. The van der Waals surface area contributed by atoms with Crippen molar-refractivity contribution < 1.29 is 23.8 Å². The van der Waals surface area contributed by atoms with E-state index < -0.39 is 17.9 Å². The first kappa shape index (κ1) is 14.9. The second-order valence-electron chi connectivity index (χ2n) is 3.86. The first-order chi connectivity index (χ1) is 7.52. The molecule has 0 spiro atoms. The van der Waals surface area contributed by atoms with Gasteiger partial charge in [-0.2, -0.15) is 0 Å². The molecule has 0 saturated carbocycles. The maximum Gasteiger partial charge on any atom is 0.320 e. The molecule has 0 aliphatic carbocycles. The molecule has 0 atom stereocenters. The third-order valence-corrected chi connectivity index (χ3v) is 1.97. The molecule has 16 heavy (non-hydrogen) atoms. The van der Waals surface area contributed by atoms with E-state index >= 15 is 0 Å². The van der Waals surface area contributed by atoms with E-state index in [1.165, 1.54) is 14.2 Å². The van der Waals surface area contributed by atoms with Crippen molar-refractivity contribution in [3.8, 4) is 0 Å². The predicted molar refractivity (Wildman–Crippen MR) is 57.8 cm³/mol. The minimum atomic E-state index is -0.887. The summed E-state index contributed by atoms with van der Waals surface area (Å²) in [6.07, 6.45) is 0.284. The van der Waals surface area contributed by atoms with Crippen LogP contribution in [0.2, 0.25) is 0 Å². The molecule has 0 bridgehead atoms. The van der Waals surface area contributed by atoms with Crippen molar-refractivity contribution >= 4 is 11.9 Å². The van der Waals surface area contributed by atoms with Gasteiger partial charge in [-0.15, -0.1) is 0 Å². The zero-order chi connectivity index (χ0) is 12.6. The Morgan fingerprint density at radius 2 is 1.56 bits per heavy atom. The van der Waals surface area contributed by atoms with Gasteiger partial charge in [0.05, 0.1) is 14.2 Å². The average Bonchev–Trinajstić information content (AvgIpc) is 2.27. The fourth-order valence-corrected chi connectivity index (χ4v) is 1.14. The molecule has 5 heteroatoms. The van der Waals surface area contributed by atoms with Gasteiger partial charge in [-0.05, 0) is 12.3 Å². The Balaban J connectivity index is 4.03. The zero-order valence-electron chi connectivity index (χ0n) is 10.3. The monoisotopic (exact) mass is 232 g/mol. The lowest BCUT2D eigenvalue weighted by atomic mass is 10.1. The Kier molecular flexibility index (Phi) is 7.54. The van der Waals surface area contributed by atoms with Gasteiger partial charge in [0.15, 0.2) is 5.92 Å². The first-order valence-corrected chi connectivity index (χ1v) is 5.26. The van der Waals surface area contributed by atoms with E-state index in [1.807, 2.05) is 13.8 Å². The highest BCUT2D eigenvalue weighted by atomic mass is 16.5. The number of ether oxygens (including phenoxy) is 3. The number of hydrogen-bond donors (Lipinski definition) is 0. The van der Waals surface area contributed by atoms with Crippen molar-refractivity contribution in [2.45, 2.75) is 20.3 Å². The van der Waals surface area contributed by atoms with Crippen molar-refractivity contribution in [3.63, 3.8) is 0 Å². The second-order valence-corrected chi connectivity index (χ2v) is 3.86. The van der Waals surface area contributed by atoms with Crippen LogP contribution in [0.5, 0.6) is 0 Å². The molecule has 0 saturated heterocycles. The van der Waals surface area contributed by atoms with Crippen LogP contribution in [0.3, 0.4) is 0 Å². The lowest BCUT2D eigenvalue weighted by molar-refractivity contribution is -0.159. The molecular formula is C11H20O5. The maximum atomic E-state index is 11.3. The molecule has 0 rings (SSSR count). The molecule has 0 aliphatic heterocycles. The van der Waals surface area contributed by atoms with Gasteiger partial charge in [0.1, 0.15) is 0 Å². The smallest absolute Gasteiger partial charge is 0.320 e. The lowest BCUT2D eigenvalue weighted by Gasteiger charge is -2.13. The van der Waals surface area contributed by atoms with Crippen LogP contribution in [0.4, 0.5) is 0 Å². The second kappa shape index (κ2) is 8.10. The van der Waals surface area contributed by atoms with E-state index in [9.17, 15) is 9.59 Å². The molecule has 94 valence electrons. The summed E-state index contributed by atoms with van der Waals surface area (Å²) in [5.74, 6) is -1.63. The molecule has 0 unspecified atom stereocenters. The van der Waals surface area contributed by atoms with E-state index in [0.717, 1.165) is 0 Å². The fraction of sp³-hybridized carbons (Fsp3) is 0.818. The van der Waals surface area contributed by atoms with Gasteiger partial charge in [-0.25, -0.2) is 0 Å². The summed E-state index contributed by atoms with van der Waals surface area (Å²) in [4.78, 5) is 22.5. The molecule has 0 heterocycles. The van der Waals surface area contributed by atoms with Gasteiger partial charge >= 0.3 is 11.9 Å². The molecule has 0 fully saturated rings. The van der Waals surface area contributed by atoms with Crippen molar-refractivity contribution in [1.29, 1.82) is 0 Å². The third-order valence-electron chi connectivity index (χ3n) is 1.97.